The van der Waals surface area contributed by atoms with Crippen LogP contribution < -0.4 is 16.2 Å². The van der Waals surface area contributed by atoms with Crippen LogP contribution in [0.25, 0.3) is 0 Å². The quantitative estimate of drug-likeness (QED) is 0.893. The molecule has 0 amide bonds. The monoisotopic (exact) mass is 270 g/mol. The molecule has 0 bridgehead atoms. The summed E-state index contributed by atoms with van der Waals surface area (Å²) in [5.74, 6) is 0.475. The minimum absolute atomic E-state index is 0.216. The highest BCUT2D eigenvalue weighted by Crippen LogP contribution is 2.26. The van der Waals surface area contributed by atoms with Gasteiger partial charge in [-0.3, -0.25) is 4.79 Å². The number of anilines is 1. The minimum atomic E-state index is -0.216. The lowest BCUT2D eigenvalue weighted by molar-refractivity contribution is 0.422. The Morgan fingerprint density at radius 3 is 3.06 bits per heavy atom. The summed E-state index contributed by atoms with van der Waals surface area (Å²) in [5, 5.41) is 4.40. The Labute approximate surface area is 112 Å². The summed E-state index contributed by atoms with van der Waals surface area (Å²) in [7, 11) is 0. The smallest absolute Gasteiger partial charge is 0.287 e. The van der Waals surface area contributed by atoms with Gasteiger partial charge in [0.2, 0.25) is 0 Å². The fourth-order valence-corrected chi connectivity index (χ4v) is 2.64. The molecule has 1 atom stereocenters. The first kappa shape index (κ1) is 13.4. The van der Waals surface area contributed by atoms with Crippen LogP contribution in [-0.4, -0.2) is 29.4 Å². The van der Waals surface area contributed by atoms with E-state index < -0.39 is 0 Å². The van der Waals surface area contributed by atoms with E-state index in [1.54, 1.807) is 6.20 Å². The summed E-state index contributed by atoms with van der Waals surface area (Å²) in [6.45, 7) is 4.84. The Balaban J connectivity index is 2.28. The van der Waals surface area contributed by atoms with Crippen LogP contribution in [0.4, 0.5) is 5.69 Å². The van der Waals surface area contributed by atoms with Crippen molar-refractivity contribution in [2.45, 2.75) is 26.3 Å². The van der Waals surface area contributed by atoms with E-state index in [1.165, 1.54) is 4.68 Å². The molecule has 18 heavy (non-hydrogen) atoms. The van der Waals surface area contributed by atoms with Gasteiger partial charge in [0.05, 0.1) is 11.9 Å². The third kappa shape index (κ3) is 2.52. The second kappa shape index (κ2) is 5.71. The molecule has 2 N–H and O–H groups in total. The van der Waals surface area contributed by atoms with Crippen molar-refractivity contribution >= 4 is 17.3 Å². The van der Waals surface area contributed by atoms with E-state index in [4.69, 9.17) is 17.3 Å². The first-order valence-electron chi connectivity index (χ1n) is 6.38. The number of aromatic nitrogens is 2. The highest BCUT2D eigenvalue weighted by Gasteiger charge is 2.22. The van der Waals surface area contributed by atoms with Crippen molar-refractivity contribution in [3.8, 4) is 0 Å². The molecule has 0 aromatic carbocycles. The van der Waals surface area contributed by atoms with Crippen molar-refractivity contribution in [1.29, 1.82) is 0 Å². The highest BCUT2D eigenvalue weighted by molar-refractivity contribution is 6.33. The summed E-state index contributed by atoms with van der Waals surface area (Å²) >= 11 is 6.16. The Bertz CT molecular complexity index is 474. The van der Waals surface area contributed by atoms with Gasteiger partial charge in [-0.05, 0) is 32.2 Å². The van der Waals surface area contributed by atoms with Crippen LogP contribution in [-0.2, 0) is 6.54 Å². The van der Waals surface area contributed by atoms with Gasteiger partial charge in [0.15, 0.2) is 0 Å². The molecule has 0 spiro atoms. The average molecular weight is 271 g/mol. The fourth-order valence-electron chi connectivity index (χ4n) is 2.38. The van der Waals surface area contributed by atoms with Gasteiger partial charge in [0, 0.05) is 19.6 Å². The van der Waals surface area contributed by atoms with Crippen LogP contribution in [0.3, 0.4) is 0 Å². The van der Waals surface area contributed by atoms with Crippen molar-refractivity contribution in [3.63, 3.8) is 0 Å². The molecule has 0 radical (unpaired) electrons. The maximum Gasteiger partial charge on any atom is 0.287 e. The van der Waals surface area contributed by atoms with Gasteiger partial charge in [0.25, 0.3) is 5.56 Å². The maximum atomic E-state index is 11.9. The van der Waals surface area contributed by atoms with Crippen molar-refractivity contribution in [2.75, 3.05) is 24.5 Å². The second-order valence-corrected chi connectivity index (χ2v) is 5.03. The number of nitrogens with zero attached hydrogens (tertiary/aromatic N) is 3. The third-order valence-electron chi connectivity index (χ3n) is 3.46. The van der Waals surface area contributed by atoms with E-state index in [2.05, 4.69) is 10.00 Å². The molecule has 2 heterocycles. The lowest BCUT2D eigenvalue weighted by Gasteiger charge is -2.34. The molecule has 1 fully saturated rings. The van der Waals surface area contributed by atoms with Crippen molar-refractivity contribution in [2.24, 2.45) is 11.7 Å². The Hall–Kier alpha value is -1.07. The van der Waals surface area contributed by atoms with E-state index in [-0.39, 0.29) is 10.6 Å². The molecule has 6 heteroatoms. The van der Waals surface area contributed by atoms with E-state index >= 15 is 0 Å². The number of rotatable bonds is 3. The van der Waals surface area contributed by atoms with Gasteiger partial charge in [-0.25, -0.2) is 4.68 Å². The topological polar surface area (TPSA) is 64.2 Å². The number of hydrogen-bond donors (Lipinski definition) is 1. The minimum Gasteiger partial charge on any atom is -0.369 e. The number of halogens is 1. The second-order valence-electron chi connectivity index (χ2n) is 4.65. The van der Waals surface area contributed by atoms with Crippen molar-refractivity contribution in [1.82, 2.24) is 9.78 Å². The van der Waals surface area contributed by atoms with Crippen LogP contribution >= 0.6 is 11.6 Å². The average Bonchev–Trinajstić information content (AvgIpc) is 2.42. The highest BCUT2D eigenvalue weighted by atomic mass is 35.5. The summed E-state index contributed by atoms with van der Waals surface area (Å²) in [5.41, 5.74) is 6.24. The molecular weight excluding hydrogens is 252 g/mol. The Kier molecular flexibility index (Phi) is 4.24. The lowest BCUT2D eigenvalue weighted by atomic mass is 9.98. The predicted octanol–water partition coefficient (Wildman–Crippen LogP) is 1.09. The molecule has 1 saturated heterocycles. The van der Waals surface area contributed by atoms with E-state index in [9.17, 15) is 4.79 Å². The molecular formula is C12H19ClN4O. The number of hydrogen-bond acceptors (Lipinski definition) is 4. The zero-order valence-corrected chi connectivity index (χ0v) is 11.4. The summed E-state index contributed by atoms with van der Waals surface area (Å²) < 4.78 is 1.37. The van der Waals surface area contributed by atoms with Gasteiger partial charge in [-0.2, -0.15) is 5.10 Å². The molecule has 100 valence electrons. The number of nitrogens with two attached hydrogens (primary N) is 1. The molecule has 1 aromatic rings. The van der Waals surface area contributed by atoms with Crippen molar-refractivity contribution in [3.05, 3.63) is 21.6 Å². The molecule has 2 rings (SSSR count). The first-order valence-corrected chi connectivity index (χ1v) is 6.75. The molecule has 1 aliphatic rings. The van der Waals surface area contributed by atoms with Crippen molar-refractivity contribution < 1.29 is 0 Å². The van der Waals surface area contributed by atoms with Crippen LogP contribution in [0, 0.1) is 5.92 Å². The van der Waals surface area contributed by atoms with Crippen LogP contribution in [0.2, 0.25) is 5.02 Å². The van der Waals surface area contributed by atoms with Gasteiger partial charge < -0.3 is 10.6 Å². The maximum absolute atomic E-state index is 11.9. The molecule has 5 nitrogen and oxygen atoms in total. The summed E-state index contributed by atoms with van der Waals surface area (Å²) in [6, 6.07) is 0. The van der Waals surface area contributed by atoms with Gasteiger partial charge in [-0.1, -0.05) is 11.6 Å². The van der Waals surface area contributed by atoms with E-state index in [0.29, 0.717) is 19.0 Å². The SMILES string of the molecule is CCn1ncc(N2CCCC(CN)C2)c(Cl)c1=O. The van der Waals surface area contributed by atoms with E-state index in [1.807, 2.05) is 6.92 Å². The van der Waals surface area contributed by atoms with Crippen LogP contribution in [0.15, 0.2) is 11.0 Å². The molecule has 0 aliphatic carbocycles. The molecule has 1 aromatic heterocycles. The lowest BCUT2D eigenvalue weighted by Crippen LogP contribution is -2.39. The zero-order chi connectivity index (χ0) is 13.1. The van der Waals surface area contributed by atoms with Crippen LogP contribution in [0.1, 0.15) is 19.8 Å². The van der Waals surface area contributed by atoms with E-state index in [0.717, 1.165) is 31.6 Å². The summed E-state index contributed by atoms with van der Waals surface area (Å²) in [4.78, 5) is 14.1. The zero-order valence-electron chi connectivity index (χ0n) is 10.6. The fraction of sp³-hybridized carbons (Fsp3) is 0.667. The Morgan fingerprint density at radius 1 is 1.61 bits per heavy atom. The largest absolute Gasteiger partial charge is 0.369 e. The molecule has 0 saturated carbocycles. The molecule has 1 aliphatic heterocycles. The van der Waals surface area contributed by atoms with Gasteiger partial charge in [0.1, 0.15) is 5.02 Å². The predicted molar refractivity (Wildman–Crippen MR) is 73.2 cm³/mol. The van der Waals surface area contributed by atoms with Gasteiger partial charge >= 0.3 is 0 Å². The molecule has 1 unspecified atom stereocenters. The first-order chi connectivity index (χ1) is 8.67. The van der Waals surface area contributed by atoms with Gasteiger partial charge in [-0.15, -0.1) is 0 Å². The van der Waals surface area contributed by atoms with Crippen LogP contribution in [0.5, 0.6) is 0 Å². The normalized spacial score (nSPS) is 20.2. The standard InChI is InChI=1S/C12H19ClN4O/c1-2-17-12(18)11(13)10(7-15-17)16-5-3-4-9(6-14)8-16/h7,9H,2-6,8,14H2,1H3. The Morgan fingerprint density at radius 2 is 2.39 bits per heavy atom. The summed E-state index contributed by atoms with van der Waals surface area (Å²) in [6.07, 6.45) is 3.91. The number of aryl methyl sites for hydroxylation is 1. The number of piperidine rings is 1. The third-order valence-corrected chi connectivity index (χ3v) is 3.81.